The van der Waals surface area contributed by atoms with Crippen molar-refractivity contribution in [2.75, 3.05) is 27.8 Å². The smallest absolute Gasteiger partial charge is 0.226 e. The average molecular weight is 411 g/mol. The van der Waals surface area contributed by atoms with Gasteiger partial charge in [0.25, 0.3) is 0 Å². The van der Waals surface area contributed by atoms with Crippen molar-refractivity contribution in [1.29, 1.82) is 0 Å². The maximum Gasteiger partial charge on any atom is 0.226 e. The lowest BCUT2D eigenvalue weighted by molar-refractivity contribution is -0.135. The molecule has 0 bridgehead atoms. The molecule has 0 aliphatic heterocycles. The van der Waals surface area contributed by atoms with Crippen molar-refractivity contribution in [3.8, 4) is 17.2 Å². The Bertz CT molecular complexity index is 777. The molecule has 1 aromatic heterocycles. The molecule has 28 heavy (non-hydrogen) atoms. The van der Waals surface area contributed by atoms with Gasteiger partial charge in [-0.25, -0.2) is 0 Å². The van der Waals surface area contributed by atoms with E-state index in [0.29, 0.717) is 36.1 Å². The minimum atomic E-state index is -0.0127. The van der Waals surface area contributed by atoms with Crippen molar-refractivity contribution in [3.63, 3.8) is 0 Å². The highest BCUT2D eigenvalue weighted by Gasteiger charge is 2.34. The van der Waals surface area contributed by atoms with E-state index in [2.05, 4.69) is 15.5 Å². The topological polar surface area (TPSA) is 108 Å². The third-order valence-corrected chi connectivity index (χ3v) is 5.15. The third-order valence-electron chi connectivity index (χ3n) is 5.15. The van der Waals surface area contributed by atoms with Gasteiger partial charge in [-0.15, -0.1) is 17.5 Å². The van der Waals surface area contributed by atoms with Gasteiger partial charge in [-0.2, -0.15) is 4.68 Å². The number of hydrogen-bond acceptors (Lipinski definition) is 7. The van der Waals surface area contributed by atoms with Gasteiger partial charge in [0.1, 0.15) is 11.5 Å². The molecule has 1 saturated carbocycles. The van der Waals surface area contributed by atoms with E-state index in [-0.39, 0.29) is 30.2 Å². The van der Waals surface area contributed by atoms with Crippen LogP contribution in [0.4, 0.5) is 0 Å². The van der Waals surface area contributed by atoms with E-state index >= 15 is 0 Å². The molecule has 1 amide bonds. The molecular weight excluding hydrogens is 384 g/mol. The maximum absolute atomic E-state index is 12.8. The summed E-state index contributed by atoms with van der Waals surface area (Å²) in [5.74, 6) is 2.17. The monoisotopic (exact) mass is 410 g/mol. The molecule has 1 fully saturated rings. The highest BCUT2D eigenvalue weighted by Crippen LogP contribution is 2.32. The van der Waals surface area contributed by atoms with Gasteiger partial charge < -0.3 is 20.1 Å². The van der Waals surface area contributed by atoms with Crippen molar-refractivity contribution in [2.24, 2.45) is 17.6 Å². The standard InChI is InChI=1S/C18H26N6O3.ClH/c1-23(18(25)16-6-4-5-12(16)10-19)11-17-20-21-22-24(17)13-7-14(26-2)9-15(8-13)27-3;/h7-9,12,16H,4-6,10-11,19H2,1-3H3;1H/t12-,16-;/m1./s1. The number of hydrogen-bond donors (Lipinski definition) is 1. The number of nitrogens with two attached hydrogens (primary N) is 1. The van der Waals surface area contributed by atoms with Crippen LogP contribution in [-0.2, 0) is 11.3 Å². The number of rotatable bonds is 7. The Labute approximate surface area is 170 Å². The van der Waals surface area contributed by atoms with Crippen LogP contribution >= 0.6 is 12.4 Å². The van der Waals surface area contributed by atoms with Crippen LogP contribution < -0.4 is 15.2 Å². The van der Waals surface area contributed by atoms with Crippen LogP contribution in [0.5, 0.6) is 11.5 Å². The summed E-state index contributed by atoms with van der Waals surface area (Å²) in [6.07, 6.45) is 2.96. The van der Waals surface area contributed by atoms with Gasteiger partial charge in [-0.3, -0.25) is 4.79 Å². The van der Waals surface area contributed by atoms with Gasteiger partial charge in [-0.1, -0.05) is 6.42 Å². The van der Waals surface area contributed by atoms with E-state index in [1.165, 1.54) is 0 Å². The molecule has 1 aromatic carbocycles. The average Bonchev–Trinajstić information content (AvgIpc) is 3.35. The number of tetrazole rings is 1. The molecule has 0 unspecified atom stereocenters. The van der Waals surface area contributed by atoms with Crippen LogP contribution in [0, 0.1) is 11.8 Å². The van der Waals surface area contributed by atoms with Crippen molar-refractivity contribution in [2.45, 2.75) is 25.8 Å². The highest BCUT2D eigenvalue weighted by molar-refractivity contribution is 5.85. The first-order chi connectivity index (χ1) is 13.1. The summed E-state index contributed by atoms with van der Waals surface area (Å²) in [7, 11) is 4.95. The molecule has 2 atom stereocenters. The number of aromatic nitrogens is 4. The maximum atomic E-state index is 12.8. The number of carbonyl (C=O) groups is 1. The van der Waals surface area contributed by atoms with E-state index in [9.17, 15) is 4.79 Å². The lowest BCUT2D eigenvalue weighted by atomic mass is 9.95. The Kier molecular flexibility index (Phi) is 7.59. The molecular formula is C18H27ClN6O3. The van der Waals surface area contributed by atoms with Crippen LogP contribution in [0.1, 0.15) is 25.1 Å². The van der Waals surface area contributed by atoms with Gasteiger partial charge in [0, 0.05) is 31.2 Å². The molecule has 0 spiro atoms. The predicted octanol–water partition coefficient (Wildman–Crippen LogP) is 1.43. The molecule has 10 heteroatoms. The summed E-state index contributed by atoms with van der Waals surface area (Å²) >= 11 is 0. The summed E-state index contributed by atoms with van der Waals surface area (Å²) in [5, 5.41) is 11.9. The first-order valence-corrected chi connectivity index (χ1v) is 9.03. The van der Waals surface area contributed by atoms with Crippen LogP contribution in [0.3, 0.4) is 0 Å². The number of ether oxygens (including phenoxy) is 2. The number of benzene rings is 1. The molecule has 0 radical (unpaired) electrons. The summed E-state index contributed by atoms with van der Waals surface area (Å²) < 4.78 is 12.2. The molecule has 0 saturated heterocycles. The Morgan fingerprint density at radius 2 is 1.93 bits per heavy atom. The van der Waals surface area contributed by atoms with Crippen LogP contribution in [0.15, 0.2) is 18.2 Å². The van der Waals surface area contributed by atoms with Gasteiger partial charge in [-0.05, 0) is 35.7 Å². The third kappa shape index (κ3) is 4.53. The minimum absolute atomic E-state index is 0. The molecule has 9 nitrogen and oxygen atoms in total. The predicted molar refractivity (Wildman–Crippen MR) is 106 cm³/mol. The molecule has 1 heterocycles. The van der Waals surface area contributed by atoms with Crippen LogP contribution in [0.25, 0.3) is 5.69 Å². The Morgan fingerprint density at radius 1 is 1.25 bits per heavy atom. The first kappa shape index (κ1) is 21.9. The normalized spacial score (nSPS) is 18.4. The molecule has 2 aromatic rings. The molecule has 1 aliphatic carbocycles. The summed E-state index contributed by atoms with van der Waals surface area (Å²) in [5.41, 5.74) is 6.52. The van der Waals surface area contributed by atoms with E-state index in [1.54, 1.807) is 36.9 Å². The first-order valence-electron chi connectivity index (χ1n) is 9.03. The van der Waals surface area contributed by atoms with Crippen molar-refractivity contribution >= 4 is 18.3 Å². The van der Waals surface area contributed by atoms with Gasteiger partial charge in [0.2, 0.25) is 5.91 Å². The van der Waals surface area contributed by atoms with Gasteiger partial charge >= 0.3 is 0 Å². The van der Waals surface area contributed by atoms with E-state index < -0.39 is 0 Å². The fourth-order valence-electron chi connectivity index (χ4n) is 3.64. The number of halogens is 1. The zero-order chi connectivity index (χ0) is 19.4. The van der Waals surface area contributed by atoms with Crippen molar-refractivity contribution in [1.82, 2.24) is 25.1 Å². The molecule has 154 valence electrons. The molecule has 2 N–H and O–H groups in total. The SMILES string of the molecule is COc1cc(OC)cc(-n2nnnc2CN(C)C(=O)[C@@H]2CCC[C@@H]2CN)c1.Cl. The fraction of sp³-hybridized carbons (Fsp3) is 0.556. The van der Waals surface area contributed by atoms with E-state index in [0.717, 1.165) is 19.3 Å². The summed E-state index contributed by atoms with van der Waals surface area (Å²) in [6.45, 7) is 0.852. The second-order valence-corrected chi connectivity index (χ2v) is 6.81. The van der Waals surface area contributed by atoms with Crippen molar-refractivity contribution in [3.05, 3.63) is 24.0 Å². The molecule has 3 rings (SSSR count). The van der Waals surface area contributed by atoms with Gasteiger partial charge in [0.15, 0.2) is 5.82 Å². The van der Waals surface area contributed by atoms with Crippen LogP contribution in [0.2, 0.25) is 0 Å². The zero-order valence-corrected chi connectivity index (χ0v) is 17.2. The van der Waals surface area contributed by atoms with E-state index in [1.807, 2.05) is 12.1 Å². The molecule has 1 aliphatic rings. The summed E-state index contributed by atoms with van der Waals surface area (Å²) in [4.78, 5) is 14.5. The highest BCUT2D eigenvalue weighted by atomic mass is 35.5. The van der Waals surface area contributed by atoms with Crippen LogP contribution in [-0.4, -0.2) is 58.8 Å². The number of carbonyl (C=O) groups excluding carboxylic acids is 1. The lowest BCUT2D eigenvalue weighted by Gasteiger charge is -2.24. The Morgan fingerprint density at radius 3 is 2.54 bits per heavy atom. The zero-order valence-electron chi connectivity index (χ0n) is 16.4. The largest absolute Gasteiger partial charge is 0.497 e. The number of nitrogens with zero attached hydrogens (tertiary/aromatic N) is 5. The Balaban J connectivity index is 0.00000280. The Hall–Kier alpha value is -2.39. The van der Waals surface area contributed by atoms with Gasteiger partial charge in [0.05, 0.1) is 26.5 Å². The lowest BCUT2D eigenvalue weighted by Crippen LogP contribution is -2.36. The number of amides is 1. The van der Waals surface area contributed by atoms with E-state index in [4.69, 9.17) is 15.2 Å². The number of methoxy groups -OCH3 is 2. The minimum Gasteiger partial charge on any atom is -0.497 e. The fourth-order valence-corrected chi connectivity index (χ4v) is 3.64. The second kappa shape index (κ2) is 9.70. The summed E-state index contributed by atoms with van der Waals surface area (Å²) in [6, 6.07) is 5.40. The van der Waals surface area contributed by atoms with Crippen molar-refractivity contribution < 1.29 is 14.3 Å². The quantitative estimate of drug-likeness (QED) is 0.735. The second-order valence-electron chi connectivity index (χ2n) is 6.81.